The highest BCUT2D eigenvalue weighted by molar-refractivity contribution is 6.29. The zero-order valence-corrected chi connectivity index (χ0v) is 17.3. The van der Waals surface area contributed by atoms with Crippen molar-refractivity contribution in [3.8, 4) is 0 Å². The van der Waals surface area contributed by atoms with Gasteiger partial charge < -0.3 is 0 Å². The minimum absolute atomic E-state index is 0.00271. The second kappa shape index (κ2) is 9.22. The molecule has 3 rings (SSSR count). The molecule has 0 fully saturated rings. The molecule has 0 amide bonds. The molecular formula is C23H27BClNO2. The van der Waals surface area contributed by atoms with E-state index in [9.17, 15) is 9.59 Å². The number of ketones is 1. The van der Waals surface area contributed by atoms with Gasteiger partial charge in [-0.1, -0.05) is 54.8 Å². The molecule has 2 unspecified atom stereocenters. The van der Waals surface area contributed by atoms with Gasteiger partial charge in [-0.2, -0.15) is 0 Å². The third kappa shape index (κ3) is 4.48. The van der Waals surface area contributed by atoms with Gasteiger partial charge in [0.2, 0.25) is 0 Å². The van der Waals surface area contributed by atoms with Crippen LogP contribution >= 0.6 is 11.6 Å². The molecule has 2 aliphatic rings. The fourth-order valence-corrected chi connectivity index (χ4v) is 4.84. The van der Waals surface area contributed by atoms with Crippen LogP contribution in [-0.2, 0) is 9.59 Å². The van der Waals surface area contributed by atoms with Gasteiger partial charge in [0, 0.05) is 18.2 Å². The van der Waals surface area contributed by atoms with E-state index in [2.05, 4.69) is 17.1 Å². The molecule has 0 N–H and O–H groups in total. The predicted octanol–water partition coefficient (Wildman–Crippen LogP) is 5.78. The monoisotopic (exact) mass is 395 g/mol. The van der Waals surface area contributed by atoms with Gasteiger partial charge in [-0.25, -0.2) is 4.98 Å². The van der Waals surface area contributed by atoms with Gasteiger partial charge in [-0.15, -0.1) is 0 Å². The number of carbonyl (C=O) groups is 2. The number of rotatable bonds is 2. The highest BCUT2D eigenvalue weighted by atomic mass is 35.5. The Hall–Kier alpha value is -1.68. The lowest BCUT2D eigenvalue weighted by atomic mass is 9.52. The molecule has 1 aromatic heterocycles. The van der Waals surface area contributed by atoms with Gasteiger partial charge in [0.25, 0.3) is 0 Å². The Balaban J connectivity index is 2.10. The molecule has 0 bridgehead atoms. The van der Waals surface area contributed by atoms with E-state index in [-0.39, 0.29) is 17.3 Å². The van der Waals surface area contributed by atoms with Crippen LogP contribution in [0.1, 0.15) is 81.8 Å². The second-order valence-electron chi connectivity index (χ2n) is 8.11. The average molecular weight is 396 g/mol. The number of aldehydes is 1. The molecule has 28 heavy (non-hydrogen) atoms. The largest absolute Gasteiger partial charge is 0.298 e. The number of allylic oxidation sites excluding steroid dienone is 4. The quantitative estimate of drug-likeness (QED) is 0.209. The van der Waals surface area contributed by atoms with Gasteiger partial charge in [-0.3, -0.25) is 9.59 Å². The van der Waals surface area contributed by atoms with Crippen molar-refractivity contribution in [2.45, 2.75) is 75.9 Å². The molecule has 2 aliphatic carbocycles. The van der Waals surface area contributed by atoms with Gasteiger partial charge in [-0.05, 0) is 55.7 Å². The molecule has 5 heteroatoms. The maximum Gasteiger partial charge on any atom is 0.166 e. The van der Waals surface area contributed by atoms with Crippen LogP contribution < -0.4 is 0 Å². The van der Waals surface area contributed by atoms with Crippen molar-refractivity contribution >= 4 is 37.1 Å². The van der Waals surface area contributed by atoms with Crippen LogP contribution in [-0.4, -0.2) is 24.9 Å². The standard InChI is InChI=1S/C23H27BClNO2/c1-16-18-14-26-22(25)13-17(18)20(9-10-21(28)19(16)15-27)23(24)11-7-5-3-2-4-6-8-12-23/h3,5,13-15,20H,2,4,6-12H2,1H3/b5-3-,19-16-. The number of pyridine rings is 1. The maximum absolute atomic E-state index is 12.7. The summed E-state index contributed by atoms with van der Waals surface area (Å²) in [5.41, 5.74) is 2.76. The van der Waals surface area contributed by atoms with E-state index in [1.165, 1.54) is 6.42 Å². The molecule has 146 valence electrons. The number of nitrogens with zero attached hydrogens (tertiary/aromatic N) is 1. The molecule has 0 spiro atoms. The Labute approximate surface area is 174 Å². The van der Waals surface area contributed by atoms with Crippen molar-refractivity contribution in [3.63, 3.8) is 0 Å². The summed E-state index contributed by atoms with van der Waals surface area (Å²) in [4.78, 5) is 28.4. The van der Waals surface area contributed by atoms with Crippen molar-refractivity contribution in [1.29, 1.82) is 0 Å². The number of halogens is 1. The Morgan fingerprint density at radius 1 is 1.21 bits per heavy atom. The predicted molar refractivity (Wildman–Crippen MR) is 115 cm³/mol. The highest BCUT2D eigenvalue weighted by Crippen LogP contribution is 2.53. The minimum Gasteiger partial charge on any atom is -0.298 e. The Bertz CT molecular complexity index is 817. The first-order chi connectivity index (χ1) is 13.5. The first-order valence-corrected chi connectivity index (χ1v) is 10.6. The van der Waals surface area contributed by atoms with Crippen molar-refractivity contribution in [3.05, 3.63) is 46.3 Å². The van der Waals surface area contributed by atoms with Crippen LogP contribution in [0.2, 0.25) is 10.5 Å². The van der Waals surface area contributed by atoms with Crippen LogP contribution in [0.4, 0.5) is 0 Å². The van der Waals surface area contributed by atoms with E-state index in [4.69, 9.17) is 19.4 Å². The lowest BCUT2D eigenvalue weighted by Gasteiger charge is -2.41. The molecule has 0 aliphatic heterocycles. The van der Waals surface area contributed by atoms with E-state index in [1.54, 1.807) is 6.20 Å². The van der Waals surface area contributed by atoms with Crippen LogP contribution in [0.3, 0.4) is 0 Å². The van der Waals surface area contributed by atoms with E-state index in [0.717, 1.165) is 49.7 Å². The number of carbonyl (C=O) groups excluding carboxylic acids is 2. The summed E-state index contributed by atoms with van der Waals surface area (Å²) in [7, 11) is 7.07. The first kappa shape index (κ1) is 21.0. The molecule has 2 radical (unpaired) electrons. The van der Waals surface area contributed by atoms with E-state index < -0.39 is 5.31 Å². The number of hydrogen-bond acceptors (Lipinski definition) is 3. The lowest BCUT2D eigenvalue weighted by molar-refractivity contribution is -0.117. The molecule has 0 aromatic carbocycles. The summed E-state index contributed by atoms with van der Waals surface area (Å²) >= 11 is 6.26. The topological polar surface area (TPSA) is 47.0 Å². The molecule has 3 nitrogen and oxygen atoms in total. The van der Waals surface area contributed by atoms with Crippen LogP contribution in [0, 0.1) is 0 Å². The number of Topliss-reactive ketones (excluding diaryl/α,β-unsaturated/α-hetero) is 1. The summed E-state index contributed by atoms with van der Waals surface area (Å²) in [6, 6.07) is 1.88. The molecular weight excluding hydrogens is 369 g/mol. The van der Waals surface area contributed by atoms with Crippen LogP contribution in [0.25, 0.3) is 5.57 Å². The number of hydrogen-bond donors (Lipinski definition) is 0. The fraction of sp³-hybridized carbons (Fsp3) is 0.522. The minimum atomic E-state index is -0.416. The van der Waals surface area contributed by atoms with Gasteiger partial charge in [0.1, 0.15) is 5.15 Å². The summed E-state index contributed by atoms with van der Waals surface area (Å²) in [5.74, 6) is -0.107. The SMILES string of the molecule is [B]C1(C2CCC(=O)/C(C=O)=C(/C)c3cnc(Cl)cc32)CC/C=C\CCCCC1. The van der Waals surface area contributed by atoms with Crippen molar-refractivity contribution in [1.82, 2.24) is 4.98 Å². The summed E-state index contributed by atoms with van der Waals surface area (Å²) in [6.07, 6.45) is 15.1. The van der Waals surface area contributed by atoms with Crippen molar-refractivity contribution < 1.29 is 9.59 Å². The molecule has 1 aromatic rings. The normalized spacial score (nSPS) is 30.6. The van der Waals surface area contributed by atoms with Crippen LogP contribution in [0.5, 0.6) is 0 Å². The smallest absolute Gasteiger partial charge is 0.166 e. The fourth-order valence-electron chi connectivity index (χ4n) is 4.67. The summed E-state index contributed by atoms with van der Waals surface area (Å²) in [6.45, 7) is 1.82. The molecule has 2 atom stereocenters. The van der Waals surface area contributed by atoms with E-state index in [1.807, 2.05) is 13.0 Å². The number of fused-ring (bicyclic) bond motifs is 1. The maximum atomic E-state index is 12.7. The van der Waals surface area contributed by atoms with Gasteiger partial charge in [0.05, 0.1) is 13.4 Å². The highest BCUT2D eigenvalue weighted by Gasteiger charge is 2.37. The zero-order chi connectivity index (χ0) is 20.1. The molecule has 1 heterocycles. The van der Waals surface area contributed by atoms with Crippen molar-refractivity contribution in [2.75, 3.05) is 0 Å². The Morgan fingerprint density at radius 3 is 2.79 bits per heavy atom. The summed E-state index contributed by atoms with van der Waals surface area (Å²) in [5, 5.41) is -0.000143. The van der Waals surface area contributed by atoms with E-state index >= 15 is 0 Å². The third-order valence-corrected chi connectivity index (χ3v) is 6.52. The lowest BCUT2D eigenvalue weighted by Crippen LogP contribution is -2.26. The average Bonchev–Trinajstić information content (AvgIpc) is 2.67. The van der Waals surface area contributed by atoms with Crippen LogP contribution in [0.15, 0.2) is 30.0 Å². The summed E-state index contributed by atoms with van der Waals surface area (Å²) < 4.78 is 0. The molecule has 0 saturated carbocycles. The van der Waals surface area contributed by atoms with E-state index in [0.29, 0.717) is 29.9 Å². The third-order valence-electron chi connectivity index (χ3n) is 6.31. The zero-order valence-electron chi connectivity index (χ0n) is 16.5. The number of aromatic nitrogens is 1. The van der Waals surface area contributed by atoms with Gasteiger partial charge >= 0.3 is 0 Å². The Morgan fingerprint density at radius 2 is 2.00 bits per heavy atom. The molecule has 0 saturated heterocycles. The van der Waals surface area contributed by atoms with Crippen molar-refractivity contribution in [2.24, 2.45) is 0 Å². The second-order valence-corrected chi connectivity index (χ2v) is 8.50. The first-order valence-electron chi connectivity index (χ1n) is 10.3. The van der Waals surface area contributed by atoms with Gasteiger partial charge in [0.15, 0.2) is 12.1 Å². The Kier molecular flexibility index (Phi) is 6.93.